The number of fused-ring (bicyclic) bond motifs is 2. The molecule has 6 heteroatoms. The van der Waals surface area contributed by atoms with Crippen molar-refractivity contribution in [1.82, 2.24) is 14.4 Å². The number of rotatable bonds is 5. The Bertz CT molecular complexity index is 1150. The average Bonchev–Trinajstić information content (AvgIpc) is 3.41. The summed E-state index contributed by atoms with van der Waals surface area (Å²) in [6.45, 7) is 4.04. The van der Waals surface area contributed by atoms with E-state index in [1.807, 2.05) is 29.3 Å². The highest BCUT2D eigenvalue weighted by molar-refractivity contribution is 6.31. The van der Waals surface area contributed by atoms with Crippen LogP contribution in [0.2, 0.25) is 5.02 Å². The molecule has 2 aliphatic rings. The lowest BCUT2D eigenvalue weighted by atomic mass is 9.87. The highest BCUT2D eigenvalue weighted by Crippen LogP contribution is 2.39. The van der Waals surface area contributed by atoms with Crippen LogP contribution in [0.3, 0.4) is 0 Å². The summed E-state index contributed by atoms with van der Waals surface area (Å²) in [7, 11) is 4.12. The van der Waals surface area contributed by atoms with Gasteiger partial charge in [0.1, 0.15) is 5.75 Å². The van der Waals surface area contributed by atoms with Crippen molar-refractivity contribution in [3.8, 4) is 5.75 Å². The third-order valence-corrected chi connectivity index (χ3v) is 7.06. The minimum atomic E-state index is 0.119. The van der Waals surface area contributed by atoms with Crippen LogP contribution >= 0.6 is 11.6 Å². The molecule has 1 saturated heterocycles. The number of benzene rings is 2. The van der Waals surface area contributed by atoms with Crippen molar-refractivity contribution in [2.45, 2.75) is 31.7 Å². The van der Waals surface area contributed by atoms with Crippen LogP contribution in [0.25, 0.3) is 10.9 Å². The van der Waals surface area contributed by atoms with Gasteiger partial charge in [-0.2, -0.15) is 0 Å². The molecule has 5 nitrogen and oxygen atoms in total. The molecule has 0 radical (unpaired) electrons. The van der Waals surface area contributed by atoms with Gasteiger partial charge in [-0.3, -0.25) is 4.79 Å². The third-order valence-electron chi connectivity index (χ3n) is 6.83. The highest BCUT2D eigenvalue weighted by Gasteiger charge is 2.29. The second kappa shape index (κ2) is 8.80. The first-order chi connectivity index (χ1) is 15.5. The average molecular weight is 452 g/mol. The SMILES string of the molecule is CN(C)CCn1cc(C(=O)N2CCC(c3cccc4c3OCC4)CC2)c2ccc(Cl)cc21. The van der Waals surface area contributed by atoms with E-state index in [9.17, 15) is 4.79 Å². The zero-order valence-corrected chi connectivity index (χ0v) is 19.6. The summed E-state index contributed by atoms with van der Waals surface area (Å²) < 4.78 is 8.09. The molecule has 3 heterocycles. The highest BCUT2D eigenvalue weighted by atomic mass is 35.5. The van der Waals surface area contributed by atoms with Crippen LogP contribution in [-0.4, -0.2) is 60.6 Å². The lowest BCUT2D eigenvalue weighted by Gasteiger charge is -2.32. The van der Waals surface area contributed by atoms with Crippen molar-refractivity contribution in [3.63, 3.8) is 0 Å². The fourth-order valence-corrected chi connectivity index (χ4v) is 5.22. The summed E-state index contributed by atoms with van der Waals surface area (Å²) >= 11 is 6.28. The van der Waals surface area contributed by atoms with E-state index in [2.05, 4.69) is 41.8 Å². The molecule has 1 amide bonds. The Morgan fingerprint density at radius 3 is 2.78 bits per heavy atom. The van der Waals surface area contributed by atoms with E-state index in [1.165, 1.54) is 11.1 Å². The predicted molar refractivity (Wildman–Crippen MR) is 129 cm³/mol. The first kappa shape index (κ1) is 21.4. The standard InChI is InChI=1S/C26H30ClN3O2/c1-28(2)13-14-30-17-23(22-7-6-20(27)16-24(22)30)26(31)29-11-8-18(9-12-29)21-5-3-4-19-10-15-32-25(19)21/h3-7,16-18H,8-15H2,1-2H3. The van der Waals surface area contributed by atoms with E-state index in [-0.39, 0.29) is 5.91 Å². The van der Waals surface area contributed by atoms with Crippen molar-refractivity contribution in [2.75, 3.05) is 40.3 Å². The van der Waals surface area contributed by atoms with Crippen LogP contribution in [0.5, 0.6) is 5.75 Å². The van der Waals surface area contributed by atoms with Crippen molar-refractivity contribution in [2.24, 2.45) is 0 Å². The van der Waals surface area contributed by atoms with Gasteiger partial charge in [-0.15, -0.1) is 0 Å². The topological polar surface area (TPSA) is 37.7 Å². The maximum absolute atomic E-state index is 13.5. The number of likely N-dealkylation sites (tertiary alicyclic amines) is 1. The number of hydrogen-bond donors (Lipinski definition) is 0. The van der Waals surface area contributed by atoms with Crippen molar-refractivity contribution >= 4 is 28.4 Å². The number of carbonyl (C=O) groups is 1. The Labute approximate surface area is 194 Å². The van der Waals surface area contributed by atoms with Gasteiger partial charge in [-0.05, 0) is 56.1 Å². The Morgan fingerprint density at radius 2 is 2.00 bits per heavy atom. The van der Waals surface area contributed by atoms with Gasteiger partial charge in [0.05, 0.1) is 17.7 Å². The summed E-state index contributed by atoms with van der Waals surface area (Å²) in [6.07, 6.45) is 4.95. The number of likely N-dealkylation sites (N-methyl/N-ethyl adjacent to an activating group) is 1. The largest absolute Gasteiger partial charge is 0.493 e. The smallest absolute Gasteiger partial charge is 0.256 e. The second-order valence-electron chi connectivity index (χ2n) is 9.20. The monoisotopic (exact) mass is 451 g/mol. The molecule has 0 saturated carbocycles. The molecular formula is C26H30ClN3O2. The fraction of sp³-hybridized carbons (Fsp3) is 0.423. The van der Waals surface area contributed by atoms with Crippen LogP contribution in [-0.2, 0) is 13.0 Å². The lowest BCUT2D eigenvalue weighted by Crippen LogP contribution is -2.38. The number of para-hydroxylation sites is 1. The van der Waals surface area contributed by atoms with Gasteiger partial charge in [0.15, 0.2) is 0 Å². The van der Waals surface area contributed by atoms with Gasteiger partial charge in [0.2, 0.25) is 0 Å². The molecule has 32 heavy (non-hydrogen) atoms. The molecule has 0 bridgehead atoms. The molecule has 0 N–H and O–H groups in total. The molecule has 168 valence electrons. The molecule has 0 spiro atoms. The van der Waals surface area contributed by atoms with Gasteiger partial charge < -0.3 is 19.1 Å². The van der Waals surface area contributed by atoms with E-state index < -0.39 is 0 Å². The Hall–Kier alpha value is -2.50. The van der Waals surface area contributed by atoms with Crippen molar-refractivity contribution in [1.29, 1.82) is 0 Å². The molecule has 1 fully saturated rings. The summed E-state index contributed by atoms with van der Waals surface area (Å²) in [5.41, 5.74) is 4.44. The number of nitrogens with zero attached hydrogens (tertiary/aromatic N) is 3. The molecule has 5 rings (SSSR count). The Balaban J connectivity index is 1.35. The minimum Gasteiger partial charge on any atom is -0.493 e. The summed E-state index contributed by atoms with van der Waals surface area (Å²) in [4.78, 5) is 17.7. The molecule has 0 aliphatic carbocycles. The summed E-state index contributed by atoms with van der Waals surface area (Å²) in [5.74, 6) is 1.67. The van der Waals surface area contributed by atoms with Crippen LogP contribution in [0, 0.1) is 0 Å². The number of halogens is 1. The van der Waals surface area contributed by atoms with Gasteiger partial charge >= 0.3 is 0 Å². The summed E-state index contributed by atoms with van der Waals surface area (Å²) in [5, 5.41) is 1.67. The molecule has 0 unspecified atom stereocenters. The first-order valence-electron chi connectivity index (χ1n) is 11.5. The first-order valence-corrected chi connectivity index (χ1v) is 11.9. The summed E-state index contributed by atoms with van der Waals surface area (Å²) in [6, 6.07) is 12.3. The maximum Gasteiger partial charge on any atom is 0.256 e. The van der Waals surface area contributed by atoms with E-state index in [0.29, 0.717) is 10.9 Å². The van der Waals surface area contributed by atoms with Crippen LogP contribution < -0.4 is 4.74 Å². The lowest BCUT2D eigenvalue weighted by molar-refractivity contribution is 0.0714. The number of carbonyl (C=O) groups excluding carboxylic acids is 1. The van der Waals surface area contributed by atoms with Crippen molar-refractivity contribution in [3.05, 3.63) is 64.3 Å². The van der Waals surface area contributed by atoms with E-state index >= 15 is 0 Å². The fourth-order valence-electron chi connectivity index (χ4n) is 5.05. The predicted octanol–water partition coefficient (Wildman–Crippen LogP) is 4.81. The normalized spacial score (nSPS) is 16.6. The molecule has 0 atom stereocenters. The quantitative estimate of drug-likeness (QED) is 0.558. The second-order valence-corrected chi connectivity index (χ2v) is 9.64. The van der Waals surface area contributed by atoms with E-state index in [1.54, 1.807) is 0 Å². The number of ether oxygens (including phenoxy) is 1. The Morgan fingerprint density at radius 1 is 1.19 bits per heavy atom. The van der Waals surface area contributed by atoms with E-state index in [0.717, 1.165) is 74.3 Å². The molecule has 3 aromatic rings. The van der Waals surface area contributed by atoms with Crippen molar-refractivity contribution < 1.29 is 9.53 Å². The molecule has 1 aromatic heterocycles. The molecular weight excluding hydrogens is 422 g/mol. The van der Waals surface area contributed by atoms with Crippen LogP contribution in [0.1, 0.15) is 40.2 Å². The number of piperidine rings is 1. The number of hydrogen-bond acceptors (Lipinski definition) is 3. The minimum absolute atomic E-state index is 0.119. The third kappa shape index (κ3) is 4.00. The van der Waals surface area contributed by atoms with Gasteiger partial charge in [-0.25, -0.2) is 0 Å². The number of amides is 1. The van der Waals surface area contributed by atoms with E-state index in [4.69, 9.17) is 16.3 Å². The van der Waals surface area contributed by atoms with Gasteiger partial charge in [0.25, 0.3) is 5.91 Å². The maximum atomic E-state index is 13.5. The van der Waals surface area contributed by atoms with Gasteiger partial charge in [-0.1, -0.05) is 35.9 Å². The molecule has 2 aliphatic heterocycles. The van der Waals surface area contributed by atoms with Crippen LogP contribution in [0.4, 0.5) is 0 Å². The van der Waals surface area contributed by atoms with Crippen LogP contribution in [0.15, 0.2) is 42.6 Å². The zero-order valence-electron chi connectivity index (χ0n) is 18.8. The molecule has 2 aromatic carbocycles. The Kier molecular flexibility index (Phi) is 5.87. The number of aromatic nitrogens is 1. The van der Waals surface area contributed by atoms with Gasteiger partial charge in [0, 0.05) is 49.2 Å². The zero-order chi connectivity index (χ0) is 22.2.